The molecule has 0 saturated carbocycles. The highest BCUT2D eigenvalue weighted by Crippen LogP contribution is 2.32. The van der Waals surface area contributed by atoms with Crippen LogP contribution in [-0.2, 0) is 15.2 Å². The number of hydrogen-bond acceptors (Lipinski definition) is 7. The fraction of sp³-hybridized carbons (Fsp3) is 0.200. The van der Waals surface area contributed by atoms with Gasteiger partial charge in [0.25, 0.3) is 0 Å². The molecule has 1 aromatic carbocycles. The van der Waals surface area contributed by atoms with Crippen LogP contribution in [0.5, 0.6) is 11.5 Å². The molecule has 9 heteroatoms. The summed E-state index contributed by atoms with van der Waals surface area (Å²) in [6.07, 6.45) is 4.13. The molecule has 0 bridgehead atoms. The van der Waals surface area contributed by atoms with Crippen LogP contribution >= 0.6 is 0 Å². The van der Waals surface area contributed by atoms with E-state index in [2.05, 4.69) is 10.6 Å². The summed E-state index contributed by atoms with van der Waals surface area (Å²) in [5.74, 6) is -0.556. The van der Waals surface area contributed by atoms with Gasteiger partial charge >= 0.3 is 11.8 Å². The molecule has 2 amide bonds. The molecule has 0 aliphatic carbocycles. The van der Waals surface area contributed by atoms with E-state index in [0.29, 0.717) is 36.0 Å². The Morgan fingerprint density at radius 1 is 1.03 bits per heavy atom. The van der Waals surface area contributed by atoms with Gasteiger partial charge in [0.2, 0.25) is 0 Å². The molecule has 3 N–H and O–H groups in total. The second kappa shape index (κ2) is 7.72. The molecular formula is C20H18N2O7. The molecule has 1 atom stereocenters. The summed E-state index contributed by atoms with van der Waals surface area (Å²) in [4.78, 5) is 24.5. The lowest BCUT2D eigenvalue weighted by Gasteiger charge is -2.25. The number of carbonyl (C=O) groups is 2. The van der Waals surface area contributed by atoms with Gasteiger partial charge in [0.15, 0.2) is 17.1 Å². The number of ether oxygens (including phenoxy) is 2. The van der Waals surface area contributed by atoms with Crippen molar-refractivity contribution in [1.29, 1.82) is 0 Å². The quantitative estimate of drug-likeness (QED) is 0.558. The van der Waals surface area contributed by atoms with Crippen LogP contribution in [0.1, 0.15) is 11.3 Å². The average molecular weight is 398 g/mol. The van der Waals surface area contributed by atoms with Gasteiger partial charge in [0.05, 0.1) is 25.3 Å². The minimum atomic E-state index is -1.69. The highest BCUT2D eigenvalue weighted by molar-refractivity contribution is 6.39. The predicted octanol–water partition coefficient (Wildman–Crippen LogP) is 1.63. The van der Waals surface area contributed by atoms with E-state index in [0.717, 1.165) is 0 Å². The van der Waals surface area contributed by atoms with Crippen LogP contribution in [0, 0.1) is 0 Å². The van der Waals surface area contributed by atoms with Gasteiger partial charge in [-0.05, 0) is 30.3 Å². The smallest absolute Gasteiger partial charge is 0.313 e. The lowest BCUT2D eigenvalue weighted by atomic mass is 9.93. The van der Waals surface area contributed by atoms with E-state index in [1.165, 1.54) is 18.8 Å². The van der Waals surface area contributed by atoms with Crippen molar-refractivity contribution in [3.05, 3.63) is 66.5 Å². The maximum atomic E-state index is 12.3. The second-order valence-electron chi connectivity index (χ2n) is 6.34. The van der Waals surface area contributed by atoms with Crippen molar-refractivity contribution in [1.82, 2.24) is 5.32 Å². The van der Waals surface area contributed by atoms with Crippen LogP contribution in [0.2, 0.25) is 0 Å². The third-order valence-electron chi connectivity index (χ3n) is 4.44. The normalized spacial score (nSPS) is 14.7. The monoisotopic (exact) mass is 398 g/mol. The summed E-state index contributed by atoms with van der Waals surface area (Å²) < 4.78 is 21.2. The minimum Gasteiger partial charge on any atom is -0.486 e. The topological polar surface area (TPSA) is 123 Å². The molecule has 29 heavy (non-hydrogen) atoms. The number of benzene rings is 1. The molecule has 3 heterocycles. The highest BCUT2D eigenvalue weighted by Gasteiger charge is 2.36. The summed E-state index contributed by atoms with van der Waals surface area (Å²) in [6, 6.07) is 9.54. The number of aliphatic hydroxyl groups is 1. The van der Waals surface area contributed by atoms with E-state index in [1.54, 1.807) is 36.4 Å². The first kappa shape index (κ1) is 18.6. The first-order valence-corrected chi connectivity index (χ1v) is 8.84. The van der Waals surface area contributed by atoms with E-state index >= 15 is 0 Å². The fourth-order valence-corrected chi connectivity index (χ4v) is 2.94. The lowest BCUT2D eigenvalue weighted by molar-refractivity contribution is -0.136. The van der Waals surface area contributed by atoms with Crippen molar-refractivity contribution in [2.24, 2.45) is 0 Å². The third-order valence-corrected chi connectivity index (χ3v) is 4.44. The van der Waals surface area contributed by atoms with E-state index < -0.39 is 17.4 Å². The summed E-state index contributed by atoms with van der Waals surface area (Å²) in [5, 5.41) is 16.0. The molecule has 1 aliphatic rings. The molecule has 3 aromatic rings. The zero-order valence-electron chi connectivity index (χ0n) is 15.2. The van der Waals surface area contributed by atoms with Crippen LogP contribution < -0.4 is 20.1 Å². The average Bonchev–Trinajstić information content (AvgIpc) is 3.46. The van der Waals surface area contributed by atoms with Crippen molar-refractivity contribution in [3.63, 3.8) is 0 Å². The maximum Gasteiger partial charge on any atom is 0.313 e. The number of amides is 2. The van der Waals surface area contributed by atoms with E-state index in [4.69, 9.17) is 18.3 Å². The zero-order chi connectivity index (χ0) is 20.3. The Morgan fingerprint density at radius 3 is 2.59 bits per heavy atom. The largest absolute Gasteiger partial charge is 0.486 e. The van der Waals surface area contributed by atoms with Gasteiger partial charge in [-0.2, -0.15) is 0 Å². The fourth-order valence-electron chi connectivity index (χ4n) is 2.94. The van der Waals surface area contributed by atoms with Crippen LogP contribution in [0.15, 0.2) is 64.0 Å². The lowest BCUT2D eigenvalue weighted by Crippen LogP contribution is -2.45. The van der Waals surface area contributed by atoms with Gasteiger partial charge in [-0.3, -0.25) is 9.59 Å². The molecule has 0 spiro atoms. The van der Waals surface area contributed by atoms with E-state index in [9.17, 15) is 14.7 Å². The SMILES string of the molecule is O=C(NCC(O)(c1ccoc1)c1ccco1)C(=O)Nc1ccc2c(c1)OCCO2. The molecule has 2 aromatic heterocycles. The molecule has 0 radical (unpaired) electrons. The molecule has 0 saturated heterocycles. The second-order valence-corrected chi connectivity index (χ2v) is 6.34. The number of nitrogens with one attached hydrogen (secondary N) is 2. The highest BCUT2D eigenvalue weighted by atomic mass is 16.6. The summed E-state index contributed by atoms with van der Waals surface area (Å²) >= 11 is 0. The summed E-state index contributed by atoms with van der Waals surface area (Å²) in [7, 11) is 0. The van der Waals surface area contributed by atoms with Gasteiger partial charge in [0.1, 0.15) is 19.0 Å². The molecule has 0 fully saturated rings. The standard InChI is InChI=1S/C20H18N2O7/c23-18(19(24)22-14-3-4-15-16(10-14)28-9-8-27-15)21-12-20(25,13-5-7-26-11-13)17-2-1-6-29-17/h1-7,10-11,25H,8-9,12H2,(H,21,23)(H,22,24). The van der Waals surface area contributed by atoms with Crippen LogP contribution in [-0.4, -0.2) is 36.7 Å². The van der Waals surface area contributed by atoms with Crippen molar-refractivity contribution >= 4 is 17.5 Å². The molecule has 9 nitrogen and oxygen atoms in total. The third kappa shape index (κ3) is 3.81. The van der Waals surface area contributed by atoms with Crippen molar-refractivity contribution < 1.29 is 33.0 Å². The Kier molecular flexibility index (Phi) is 4.96. The van der Waals surface area contributed by atoms with Gasteiger partial charge < -0.3 is 34.0 Å². The van der Waals surface area contributed by atoms with E-state index in [1.807, 2.05) is 0 Å². The number of rotatable bonds is 5. The van der Waals surface area contributed by atoms with Crippen LogP contribution in [0.25, 0.3) is 0 Å². The summed E-state index contributed by atoms with van der Waals surface area (Å²) in [6.45, 7) is 0.564. The molecule has 4 rings (SSSR count). The van der Waals surface area contributed by atoms with Gasteiger partial charge in [0, 0.05) is 17.3 Å². The Labute approximate surface area is 165 Å². The Morgan fingerprint density at radius 2 is 1.86 bits per heavy atom. The number of furan rings is 2. The first-order valence-electron chi connectivity index (χ1n) is 8.84. The number of anilines is 1. The number of hydrogen-bond donors (Lipinski definition) is 3. The van der Waals surface area contributed by atoms with Gasteiger partial charge in [-0.15, -0.1) is 0 Å². The number of fused-ring (bicyclic) bond motifs is 1. The number of carbonyl (C=O) groups excluding carboxylic acids is 2. The van der Waals surface area contributed by atoms with E-state index in [-0.39, 0.29) is 12.3 Å². The van der Waals surface area contributed by atoms with Crippen molar-refractivity contribution in [3.8, 4) is 11.5 Å². The Balaban J connectivity index is 1.42. The maximum absolute atomic E-state index is 12.3. The van der Waals surface area contributed by atoms with Gasteiger partial charge in [-0.25, -0.2) is 0 Å². The van der Waals surface area contributed by atoms with Gasteiger partial charge in [-0.1, -0.05) is 0 Å². The first-order chi connectivity index (χ1) is 14.1. The molecule has 1 aliphatic heterocycles. The predicted molar refractivity (Wildman–Crippen MR) is 99.5 cm³/mol. The minimum absolute atomic E-state index is 0.200. The van der Waals surface area contributed by atoms with Crippen molar-refractivity contribution in [2.45, 2.75) is 5.60 Å². The van der Waals surface area contributed by atoms with Crippen LogP contribution in [0.3, 0.4) is 0 Å². The molecule has 150 valence electrons. The van der Waals surface area contributed by atoms with Crippen molar-refractivity contribution in [2.75, 3.05) is 25.1 Å². The molecular weight excluding hydrogens is 380 g/mol. The van der Waals surface area contributed by atoms with Crippen LogP contribution in [0.4, 0.5) is 5.69 Å². The Bertz CT molecular complexity index is 962. The Hall–Kier alpha value is -3.72. The molecule has 1 unspecified atom stereocenters. The summed E-state index contributed by atoms with van der Waals surface area (Å²) in [5.41, 5.74) is -0.936. The zero-order valence-corrected chi connectivity index (χ0v) is 15.2.